The minimum atomic E-state index is -6.70. The molecule has 1 aliphatic rings. The number of amides is 2. The Morgan fingerprint density at radius 3 is 2.00 bits per heavy atom. The summed E-state index contributed by atoms with van der Waals surface area (Å²) in [5.74, 6) is -3.62. The van der Waals surface area contributed by atoms with E-state index in [9.17, 15) is 53.5 Å². The molecule has 1 aliphatic carbocycles. The van der Waals surface area contributed by atoms with Gasteiger partial charge in [0.25, 0.3) is 11.8 Å². The summed E-state index contributed by atoms with van der Waals surface area (Å²) in [4.78, 5) is 27.0. The molecule has 0 spiro atoms. The van der Waals surface area contributed by atoms with Gasteiger partial charge in [-0.25, -0.2) is 8.78 Å². The number of fused-ring (bicyclic) bond motifs is 1. The molecule has 242 valence electrons. The zero-order valence-electron chi connectivity index (χ0n) is 22.7. The summed E-state index contributed by atoms with van der Waals surface area (Å²) in [5.41, 5.74) is -11.3. The van der Waals surface area contributed by atoms with E-state index >= 15 is 4.39 Å². The fourth-order valence-electron chi connectivity index (χ4n) is 4.95. The van der Waals surface area contributed by atoms with Crippen LogP contribution in [0.5, 0.6) is 0 Å². The number of halogens is 12. The van der Waals surface area contributed by atoms with E-state index < -0.39 is 79.5 Å². The molecule has 45 heavy (non-hydrogen) atoms. The summed E-state index contributed by atoms with van der Waals surface area (Å²) in [6, 6.07) is 7.17. The molecule has 0 saturated carbocycles. The highest BCUT2D eigenvalue weighted by Gasteiger charge is 2.73. The molecule has 0 aromatic heterocycles. The smallest absolute Gasteiger partial charge is 0.320 e. The molecule has 0 saturated heterocycles. The average Bonchev–Trinajstić information content (AvgIpc) is 2.94. The number of nitrogens with zero attached hydrogens (tertiary/aromatic N) is 1. The zero-order valence-corrected chi connectivity index (χ0v) is 24.9. The second-order valence-corrected chi connectivity index (χ2v) is 11.3. The van der Waals surface area contributed by atoms with Gasteiger partial charge < -0.3 is 10.2 Å². The highest BCUT2D eigenvalue weighted by Crippen LogP contribution is 2.54. The van der Waals surface area contributed by atoms with E-state index in [4.69, 9.17) is 0 Å². The number of hydrogen-bond donors (Lipinski definition) is 1. The van der Waals surface area contributed by atoms with Crippen molar-refractivity contribution in [2.24, 2.45) is 0 Å². The molecule has 0 atom stereocenters. The van der Waals surface area contributed by atoms with Crippen molar-refractivity contribution in [3.8, 4) is 0 Å². The predicted octanol–water partition coefficient (Wildman–Crippen LogP) is 9.15. The molecule has 0 unspecified atom stereocenters. The van der Waals surface area contributed by atoms with Crippen LogP contribution in [0.1, 0.15) is 55.8 Å². The molecular formula is C29H20F11IN2O2. The van der Waals surface area contributed by atoms with Gasteiger partial charge in [0, 0.05) is 21.7 Å². The highest BCUT2D eigenvalue weighted by atomic mass is 127. The lowest BCUT2D eigenvalue weighted by Gasteiger charge is -2.31. The third-order valence-corrected chi connectivity index (χ3v) is 8.15. The molecule has 3 aromatic carbocycles. The van der Waals surface area contributed by atoms with Crippen molar-refractivity contribution in [2.45, 2.75) is 49.9 Å². The molecule has 0 aliphatic heterocycles. The number of carbonyl (C=O) groups excluding carboxylic acids is 2. The molecule has 16 heteroatoms. The van der Waals surface area contributed by atoms with Crippen LogP contribution in [0.15, 0.2) is 48.5 Å². The maximum atomic E-state index is 15.6. The molecule has 4 rings (SSSR count). The van der Waals surface area contributed by atoms with Crippen molar-refractivity contribution >= 4 is 45.8 Å². The molecular weight excluding hydrogens is 744 g/mol. The van der Waals surface area contributed by atoms with Gasteiger partial charge in [0.1, 0.15) is 0 Å². The first-order valence-electron chi connectivity index (χ1n) is 12.9. The Balaban J connectivity index is 1.71. The minimum absolute atomic E-state index is 0.149. The van der Waals surface area contributed by atoms with Crippen molar-refractivity contribution in [2.75, 3.05) is 17.3 Å². The van der Waals surface area contributed by atoms with E-state index in [1.807, 2.05) is 0 Å². The van der Waals surface area contributed by atoms with Crippen molar-refractivity contribution in [3.63, 3.8) is 0 Å². The van der Waals surface area contributed by atoms with Crippen LogP contribution in [-0.2, 0) is 24.7 Å². The van der Waals surface area contributed by atoms with E-state index in [-0.39, 0.29) is 11.6 Å². The van der Waals surface area contributed by atoms with Gasteiger partial charge in [-0.15, -0.1) is 0 Å². The number of aryl methyl sites for hydroxylation is 2. The van der Waals surface area contributed by atoms with Crippen LogP contribution in [0.4, 0.5) is 59.7 Å². The number of benzene rings is 3. The highest BCUT2D eigenvalue weighted by molar-refractivity contribution is 14.1. The maximum Gasteiger partial charge on any atom is 0.435 e. The quantitative estimate of drug-likeness (QED) is 0.208. The molecule has 0 radical (unpaired) electrons. The Morgan fingerprint density at radius 2 is 1.42 bits per heavy atom. The second kappa shape index (κ2) is 12.1. The van der Waals surface area contributed by atoms with Gasteiger partial charge in [0.2, 0.25) is 0 Å². The van der Waals surface area contributed by atoms with Gasteiger partial charge in [-0.3, -0.25) is 9.59 Å². The summed E-state index contributed by atoms with van der Waals surface area (Å²) in [5, 5.41) is 1.67. The van der Waals surface area contributed by atoms with Crippen LogP contribution in [0.2, 0.25) is 0 Å². The van der Waals surface area contributed by atoms with Crippen molar-refractivity contribution < 1.29 is 57.9 Å². The largest absolute Gasteiger partial charge is 0.435 e. The van der Waals surface area contributed by atoms with Crippen LogP contribution < -0.4 is 10.2 Å². The third-order valence-electron chi connectivity index (χ3n) is 7.30. The van der Waals surface area contributed by atoms with Crippen LogP contribution >= 0.6 is 22.6 Å². The Labute approximate surface area is 261 Å². The Kier molecular flexibility index (Phi) is 9.23. The molecule has 2 amide bonds. The van der Waals surface area contributed by atoms with E-state index in [2.05, 4.69) is 0 Å². The van der Waals surface area contributed by atoms with E-state index in [1.54, 1.807) is 23.5 Å². The SMILES string of the molecule is CN(C(=O)c1ccc2c(c1)CCCC2)c1cccc(C(=O)Nc2c(I)cc(C(F)(C(F)(F)F)C(F)(F)F)cc2C(F)(F)F)c1F. The van der Waals surface area contributed by atoms with E-state index in [0.29, 0.717) is 0 Å². The lowest BCUT2D eigenvalue weighted by Crippen LogP contribution is -2.50. The van der Waals surface area contributed by atoms with E-state index in [0.717, 1.165) is 82.5 Å². The molecule has 1 N–H and O–H groups in total. The number of nitrogens with one attached hydrogen (secondary N) is 1. The molecule has 0 bridgehead atoms. The molecule has 0 heterocycles. The predicted molar refractivity (Wildman–Crippen MR) is 149 cm³/mol. The number of rotatable bonds is 5. The van der Waals surface area contributed by atoms with Gasteiger partial charge in [0.15, 0.2) is 5.82 Å². The first-order valence-corrected chi connectivity index (χ1v) is 14.0. The average molecular weight is 764 g/mol. The Bertz CT molecular complexity index is 1630. The van der Waals surface area contributed by atoms with E-state index in [1.165, 1.54) is 7.05 Å². The fourth-order valence-corrected chi connectivity index (χ4v) is 5.71. The molecule has 3 aromatic rings. The van der Waals surface area contributed by atoms with Crippen LogP contribution in [0.3, 0.4) is 0 Å². The van der Waals surface area contributed by atoms with Crippen molar-refractivity contribution in [1.29, 1.82) is 0 Å². The number of alkyl halides is 10. The third kappa shape index (κ3) is 6.47. The van der Waals surface area contributed by atoms with Gasteiger partial charge in [-0.1, -0.05) is 12.1 Å². The summed E-state index contributed by atoms with van der Waals surface area (Å²) in [6.07, 6.45) is -15.6. The van der Waals surface area contributed by atoms with Gasteiger partial charge >= 0.3 is 24.2 Å². The van der Waals surface area contributed by atoms with Crippen LogP contribution in [0, 0.1) is 9.39 Å². The first-order chi connectivity index (χ1) is 20.7. The Morgan fingerprint density at radius 1 is 0.822 bits per heavy atom. The second-order valence-electron chi connectivity index (χ2n) is 10.2. The summed E-state index contributed by atoms with van der Waals surface area (Å²) in [7, 11) is 1.19. The number of hydrogen-bond acceptors (Lipinski definition) is 2. The summed E-state index contributed by atoms with van der Waals surface area (Å²) < 4.78 is 150. The topological polar surface area (TPSA) is 49.4 Å². The van der Waals surface area contributed by atoms with Crippen LogP contribution in [-0.4, -0.2) is 31.2 Å². The lowest BCUT2D eigenvalue weighted by atomic mass is 9.90. The normalized spacial score (nSPS) is 14.2. The Hall–Kier alpha value is -3.44. The minimum Gasteiger partial charge on any atom is -0.320 e. The van der Waals surface area contributed by atoms with Gasteiger partial charge in [0.05, 0.1) is 22.5 Å². The number of carbonyl (C=O) groups is 2. The molecule has 4 nitrogen and oxygen atoms in total. The van der Waals surface area contributed by atoms with Gasteiger partial charge in [-0.2, -0.15) is 39.5 Å². The maximum absolute atomic E-state index is 15.6. The summed E-state index contributed by atoms with van der Waals surface area (Å²) >= 11 is 0.894. The van der Waals surface area contributed by atoms with Crippen molar-refractivity contribution in [1.82, 2.24) is 0 Å². The van der Waals surface area contributed by atoms with Gasteiger partial charge in [-0.05, 0) is 95.8 Å². The fraction of sp³-hybridized carbons (Fsp3) is 0.310. The summed E-state index contributed by atoms with van der Waals surface area (Å²) in [6.45, 7) is 0. The first kappa shape index (κ1) is 34.4. The van der Waals surface area contributed by atoms with Crippen molar-refractivity contribution in [3.05, 3.63) is 91.3 Å². The standard InChI is InChI=1S/C29H20F11IN2O2/c1-43(25(45)16-10-9-14-5-2-3-6-15(14)11-16)21-8-4-7-18(22(21)30)24(44)42-23-19(27(32,33)34)12-17(13-20(23)41)26(31,28(35,36)37)29(38,39)40/h4,7-13H,2-3,5-6H2,1H3,(H,42,44). The monoisotopic (exact) mass is 764 g/mol. The number of anilines is 2. The zero-order chi connectivity index (χ0) is 33.7. The lowest BCUT2D eigenvalue weighted by molar-refractivity contribution is -0.348. The molecule has 0 fully saturated rings. The van der Waals surface area contributed by atoms with Crippen LogP contribution in [0.25, 0.3) is 0 Å².